The number of aromatic nitrogens is 2. The summed E-state index contributed by atoms with van der Waals surface area (Å²) < 4.78 is 5.07. The fourth-order valence-corrected chi connectivity index (χ4v) is 1.69. The second-order valence-electron chi connectivity index (χ2n) is 3.61. The molecule has 3 nitrogen and oxygen atoms in total. The van der Waals surface area contributed by atoms with Gasteiger partial charge in [0.2, 0.25) is 5.88 Å². The molecule has 0 radical (unpaired) electrons. The molecule has 0 saturated heterocycles. The van der Waals surface area contributed by atoms with Gasteiger partial charge in [-0.2, -0.15) is 4.98 Å². The second-order valence-corrected chi connectivity index (χ2v) is 3.99. The fourth-order valence-electron chi connectivity index (χ4n) is 1.52. The molecule has 0 aliphatic heterocycles. The first-order valence-electron chi connectivity index (χ1n) is 5.41. The smallest absolute Gasteiger partial charge is 0.218 e. The zero-order chi connectivity index (χ0) is 12.3. The highest BCUT2D eigenvalue weighted by atomic mass is 35.5. The Balaban J connectivity index is 2.41. The summed E-state index contributed by atoms with van der Waals surface area (Å²) in [7, 11) is 1.56. The molecule has 0 amide bonds. The number of hydrogen-bond donors (Lipinski definition) is 0. The zero-order valence-corrected chi connectivity index (χ0v) is 10.5. The SMILES string of the molecule is CCc1ccc(-c2nc(Cl)cc(OC)n2)cc1. The van der Waals surface area contributed by atoms with Crippen molar-refractivity contribution >= 4 is 11.6 Å². The molecule has 0 N–H and O–H groups in total. The van der Waals surface area contributed by atoms with Crippen LogP contribution in [-0.2, 0) is 6.42 Å². The summed E-state index contributed by atoms with van der Waals surface area (Å²) in [6, 6.07) is 9.69. The van der Waals surface area contributed by atoms with Crippen LogP contribution in [-0.4, -0.2) is 17.1 Å². The summed E-state index contributed by atoms with van der Waals surface area (Å²) in [5, 5.41) is 0.381. The summed E-state index contributed by atoms with van der Waals surface area (Å²) in [5.41, 5.74) is 2.21. The van der Waals surface area contributed by atoms with Crippen LogP contribution in [0.15, 0.2) is 30.3 Å². The Morgan fingerprint density at radius 2 is 1.88 bits per heavy atom. The number of aryl methyl sites for hydroxylation is 1. The Labute approximate surface area is 105 Å². The van der Waals surface area contributed by atoms with Crippen LogP contribution in [0.4, 0.5) is 0 Å². The van der Waals surface area contributed by atoms with Crippen LogP contribution in [0.1, 0.15) is 12.5 Å². The molecule has 1 heterocycles. The van der Waals surface area contributed by atoms with Gasteiger partial charge >= 0.3 is 0 Å². The predicted molar refractivity (Wildman–Crippen MR) is 68.4 cm³/mol. The van der Waals surface area contributed by atoms with Crippen molar-refractivity contribution in [2.24, 2.45) is 0 Å². The van der Waals surface area contributed by atoms with E-state index in [-0.39, 0.29) is 0 Å². The molecule has 0 atom stereocenters. The normalized spacial score (nSPS) is 10.3. The number of benzene rings is 1. The standard InChI is InChI=1S/C13H13ClN2O/c1-3-9-4-6-10(7-5-9)13-15-11(14)8-12(16-13)17-2/h4-8H,3H2,1-2H3. The molecule has 2 rings (SSSR count). The topological polar surface area (TPSA) is 35.0 Å². The van der Waals surface area contributed by atoms with Gasteiger partial charge in [-0.3, -0.25) is 0 Å². The van der Waals surface area contributed by atoms with E-state index in [1.54, 1.807) is 13.2 Å². The van der Waals surface area contributed by atoms with Gasteiger partial charge in [0.15, 0.2) is 5.82 Å². The maximum atomic E-state index is 5.91. The Morgan fingerprint density at radius 3 is 2.47 bits per heavy atom. The quantitative estimate of drug-likeness (QED) is 0.782. The number of ether oxygens (including phenoxy) is 1. The Bertz CT molecular complexity index is 511. The molecule has 4 heteroatoms. The van der Waals surface area contributed by atoms with Gasteiger partial charge in [-0.15, -0.1) is 0 Å². The van der Waals surface area contributed by atoms with Crippen molar-refractivity contribution in [1.29, 1.82) is 0 Å². The summed E-state index contributed by atoms with van der Waals surface area (Å²) in [6.45, 7) is 2.12. The molecule has 0 unspecified atom stereocenters. The van der Waals surface area contributed by atoms with Crippen molar-refractivity contribution in [2.45, 2.75) is 13.3 Å². The van der Waals surface area contributed by atoms with Gasteiger partial charge in [0.1, 0.15) is 5.15 Å². The maximum Gasteiger partial charge on any atom is 0.218 e. The van der Waals surface area contributed by atoms with Crippen molar-refractivity contribution < 1.29 is 4.74 Å². The summed E-state index contributed by atoms with van der Waals surface area (Å²) in [5.74, 6) is 1.05. The van der Waals surface area contributed by atoms with Crippen molar-refractivity contribution in [3.05, 3.63) is 41.0 Å². The largest absolute Gasteiger partial charge is 0.481 e. The molecule has 1 aromatic carbocycles. The van der Waals surface area contributed by atoms with Crippen LogP contribution in [0.25, 0.3) is 11.4 Å². The average Bonchev–Trinajstić information content (AvgIpc) is 2.38. The van der Waals surface area contributed by atoms with E-state index >= 15 is 0 Å². The Morgan fingerprint density at radius 1 is 1.18 bits per heavy atom. The van der Waals surface area contributed by atoms with Crippen LogP contribution in [0, 0.1) is 0 Å². The van der Waals surface area contributed by atoms with Gasteiger partial charge in [-0.1, -0.05) is 42.8 Å². The van der Waals surface area contributed by atoms with Crippen molar-refractivity contribution in [3.63, 3.8) is 0 Å². The van der Waals surface area contributed by atoms with E-state index in [0.29, 0.717) is 16.9 Å². The Hall–Kier alpha value is -1.61. The second kappa shape index (κ2) is 5.15. The highest BCUT2D eigenvalue weighted by molar-refractivity contribution is 6.29. The third-order valence-corrected chi connectivity index (χ3v) is 2.69. The van der Waals surface area contributed by atoms with E-state index in [4.69, 9.17) is 16.3 Å². The predicted octanol–water partition coefficient (Wildman–Crippen LogP) is 3.37. The van der Waals surface area contributed by atoms with Crippen molar-refractivity contribution in [3.8, 4) is 17.3 Å². The minimum atomic E-state index is 0.381. The molecule has 0 bridgehead atoms. The van der Waals surface area contributed by atoms with Gasteiger partial charge in [0.05, 0.1) is 7.11 Å². The number of nitrogens with zero attached hydrogens (tertiary/aromatic N) is 2. The number of methoxy groups -OCH3 is 1. The zero-order valence-electron chi connectivity index (χ0n) is 9.77. The van der Waals surface area contributed by atoms with Crippen LogP contribution < -0.4 is 4.74 Å². The first-order valence-corrected chi connectivity index (χ1v) is 5.78. The van der Waals surface area contributed by atoms with E-state index in [0.717, 1.165) is 12.0 Å². The summed E-state index contributed by atoms with van der Waals surface area (Å²) in [6.07, 6.45) is 1.01. The number of hydrogen-bond acceptors (Lipinski definition) is 3. The molecular formula is C13H13ClN2O. The van der Waals surface area contributed by atoms with E-state index in [9.17, 15) is 0 Å². The third-order valence-electron chi connectivity index (χ3n) is 2.50. The first kappa shape index (κ1) is 11.9. The third kappa shape index (κ3) is 2.74. The van der Waals surface area contributed by atoms with E-state index in [1.807, 2.05) is 12.1 Å². The minimum Gasteiger partial charge on any atom is -0.481 e. The van der Waals surface area contributed by atoms with Crippen LogP contribution in [0.2, 0.25) is 5.15 Å². The number of rotatable bonds is 3. The maximum absolute atomic E-state index is 5.91. The van der Waals surface area contributed by atoms with E-state index < -0.39 is 0 Å². The van der Waals surface area contributed by atoms with Gasteiger partial charge in [-0.25, -0.2) is 4.98 Å². The van der Waals surface area contributed by atoms with E-state index in [1.165, 1.54) is 5.56 Å². The lowest BCUT2D eigenvalue weighted by Gasteiger charge is -2.04. The summed E-state index contributed by atoms with van der Waals surface area (Å²) in [4.78, 5) is 8.44. The Kier molecular flexibility index (Phi) is 3.59. The van der Waals surface area contributed by atoms with Gasteiger partial charge in [0.25, 0.3) is 0 Å². The fraction of sp³-hybridized carbons (Fsp3) is 0.231. The molecule has 0 spiro atoms. The van der Waals surface area contributed by atoms with Gasteiger partial charge in [0, 0.05) is 11.6 Å². The molecular weight excluding hydrogens is 236 g/mol. The van der Waals surface area contributed by atoms with Crippen molar-refractivity contribution in [2.75, 3.05) is 7.11 Å². The molecule has 0 aliphatic rings. The average molecular weight is 249 g/mol. The monoisotopic (exact) mass is 248 g/mol. The van der Waals surface area contributed by atoms with Gasteiger partial charge in [-0.05, 0) is 12.0 Å². The first-order chi connectivity index (χ1) is 8.22. The van der Waals surface area contributed by atoms with Crippen LogP contribution >= 0.6 is 11.6 Å². The lowest BCUT2D eigenvalue weighted by Crippen LogP contribution is -1.94. The highest BCUT2D eigenvalue weighted by Gasteiger charge is 2.05. The molecule has 0 aliphatic carbocycles. The lowest BCUT2D eigenvalue weighted by atomic mass is 10.1. The molecule has 0 fully saturated rings. The molecule has 0 saturated carbocycles. The number of halogens is 1. The lowest BCUT2D eigenvalue weighted by molar-refractivity contribution is 0.397. The molecule has 17 heavy (non-hydrogen) atoms. The minimum absolute atomic E-state index is 0.381. The van der Waals surface area contributed by atoms with Gasteiger partial charge < -0.3 is 4.74 Å². The van der Waals surface area contributed by atoms with E-state index in [2.05, 4.69) is 29.0 Å². The molecule has 88 valence electrons. The van der Waals surface area contributed by atoms with Crippen LogP contribution in [0.5, 0.6) is 5.88 Å². The van der Waals surface area contributed by atoms with Crippen molar-refractivity contribution in [1.82, 2.24) is 9.97 Å². The highest BCUT2D eigenvalue weighted by Crippen LogP contribution is 2.21. The molecule has 2 aromatic rings. The summed E-state index contributed by atoms with van der Waals surface area (Å²) >= 11 is 5.91. The molecule has 1 aromatic heterocycles. The van der Waals surface area contributed by atoms with Crippen LogP contribution in [0.3, 0.4) is 0 Å².